The van der Waals surface area contributed by atoms with Crippen LogP contribution in [0.2, 0.25) is 0 Å². The zero-order chi connectivity index (χ0) is 18.8. The van der Waals surface area contributed by atoms with E-state index >= 15 is 0 Å². The quantitative estimate of drug-likeness (QED) is 0.569. The highest BCUT2D eigenvalue weighted by Crippen LogP contribution is 2.26. The number of pyridine rings is 1. The number of hydrogen-bond acceptors (Lipinski definition) is 4. The van der Waals surface area contributed by atoms with Crippen molar-refractivity contribution in [3.05, 3.63) is 64.7 Å². The standard InChI is InChI=1S/C22H24N2O2.ClH/c1-13(2)26-22(25)17-6-8-18(9-7-17)23-20-12-15(4)19-11-14(3)10-16(5)21(19)24-20;/h6-13H,1-5H3,(H,23,24);1H. The van der Waals surface area contributed by atoms with Gasteiger partial charge in [-0.15, -0.1) is 12.4 Å². The molecule has 3 rings (SSSR count). The number of fused-ring (bicyclic) bond motifs is 1. The number of halogens is 1. The van der Waals surface area contributed by atoms with Crippen molar-refractivity contribution in [3.63, 3.8) is 0 Å². The lowest BCUT2D eigenvalue weighted by atomic mass is 10.0. The van der Waals surface area contributed by atoms with Gasteiger partial charge >= 0.3 is 5.97 Å². The fraction of sp³-hybridized carbons (Fsp3) is 0.273. The minimum Gasteiger partial charge on any atom is -0.459 e. The van der Waals surface area contributed by atoms with Gasteiger partial charge in [0, 0.05) is 11.1 Å². The van der Waals surface area contributed by atoms with Gasteiger partial charge in [-0.3, -0.25) is 0 Å². The molecule has 0 aliphatic carbocycles. The SMILES string of the molecule is Cc1cc(C)c2nc(Nc3ccc(C(=O)OC(C)C)cc3)cc(C)c2c1.Cl. The van der Waals surface area contributed by atoms with E-state index in [0.29, 0.717) is 5.56 Å². The number of anilines is 2. The summed E-state index contributed by atoms with van der Waals surface area (Å²) in [7, 11) is 0. The van der Waals surface area contributed by atoms with E-state index in [0.717, 1.165) is 17.0 Å². The topological polar surface area (TPSA) is 51.2 Å². The van der Waals surface area contributed by atoms with Gasteiger partial charge in [-0.25, -0.2) is 9.78 Å². The molecule has 0 fully saturated rings. The smallest absolute Gasteiger partial charge is 0.338 e. The lowest BCUT2D eigenvalue weighted by Crippen LogP contribution is -2.11. The number of benzene rings is 2. The van der Waals surface area contributed by atoms with Gasteiger partial charge in [0.2, 0.25) is 0 Å². The van der Waals surface area contributed by atoms with Crippen LogP contribution in [0.4, 0.5) is 11.5 Å². The third-order valence-corrected chi connectivity index (χ3v) is 4.19. The molecule has 5 heteroatoms. The summed E-state index contributed by atoms with van der Waals surface area (Å²) in [4.78, 5) is 16.7. The summed E-state index contributed by atoms with van der Waals surface area (Å²) < 4.78 is 5.21. The first-order valence-electron chi connectivity index (χ1n) is 8.80. The maximum absolute atomic E-state index is 11.9. The zero-order valence-corrected chi connectivity index (χ0v) is 17.1. The molecule has 0 radical (unpaired) electrons. The molecule has 2 aromatic carbocycles. The molecule has 3 aromatic rings. The van der Waals surface area contributed by atoms with E-state index in [4.69, 9.17) is 9.72 Å². The van der Waals surface area contributed by atoms with E-state index in [2.05, 4.69) is 38.2 Å². The predicted molar refractivity (Wildman–Crippen MR) is 113 cm³/mol. The molecule has 0 aliphatic heterocycles. The molecular formula is C22H25ClN2O2. The van der Waals surface area contributed by atoms with Gasteiger partial charge in [-0.1, -0.05) is 11.6 Å². The summed E-state index contributed by atoms with van der Waals surface area (Å²) in [5.74, 6) is 0.483. The number of nitrogens with zero attached hydrogens (tertiary/aromatic N) is 1. The third-order valence-electron chi connectivity index (χ3n) is 4.19. The Morgan fingerprint density at radius 3 is 2.30 bits per heavy atom. The molecule has 0 amide bonds. The lowest BCUT2D eigenvalue weighted by Gasteiger charge is -2.12. The summed E-state index contributed by atoms with van der Waals surface area (Å²) in [5.41, 5.74) is 6.01. The van der Waals surface area contributed by atoms with Gasteiger partial charge in [-0.05, 0) is 82.1 Å². The Hall–Kier alpha value is -2.59. The van der Waals surface area contributed by atoms with E-state index in [1.807, 2.05) is 32.0 Å². The molecule has 0 aliphatic rings. The Bertz CT molecular complexity index is 966. The van der Waals surface area contributed by atoms with Crippen molar-refractivity contribution in [1.29, 1.82) is 0 Å². The van der Waals surface area contributed by atoms with Crippen LogP contribution in [-0.4, -0.2) is 17.1 Å². The largest absolute Gasteiger partial charge is 0.459 e. The van der Waals surface area contributed by atoms with Crippen molar-refractivity contribution in [3.8, 4) is 0 Å². The number of nitrogens with one attached hydrogen (secondary N) is 1. The van der Waals surface area contributed by atoms with Gasteiger partial charge in [0.25, 0.3) is 0 Å². The van der Waals surface area contributed by atoms with Crippen molar-refractivity contribution in [2.45, 2.75) is 40.7 Å². The highest BCUT2D eigenvalue weighted by atomic mass is 35.5. The second-order valence-corrected chi connectivity index (χ2v) is 6.96. The van der Waals surface area contributed by atoms with E-state index in [1.54, 1.807) is 12.1 Å². The number of aryl methyl sites for hydroxylation is 3. The number of hydrogen-bond donors (Lipinski definition) is 1. The van der Waals surface area contributed by atoms with Crippen molar-refractivity contribution in [2.24, 2.45) is 0 Å². The monoisotopic (exact) mass is 384 g/mol. The van der Waals surface area contributed by atoms with E-state index in [-0.39, 0.29) is 24.5 Å². The van der Waals surface area contributed by atoms with Crippen LogP contribution in [0.1, 0.15) is 40.9 Å². The molecule has 0 atom stereocenters. The van der Waals surface area contributed by atoms with Crippen LogP contribution in [0.25, 0.3) is 10.9 Å². The van der Waals surface area contributed by atoms with E-state index in [9.17, 15) is 4.79 Å². The second kappa shape index (κ2) is 8.40. The Morgan fingerprint density at radius 1 is 1.00 bits per heavy atom. The van der Waals surface area contributed by atoms with Gasteiger partial charge < -0.3 is 10.1 Å². The molecule has 0 spiro atoms. The Balaban J connectivity index is 0.00000261. The van der Waals surface area contributed by atoms with Crippen molar-refractivity contribution < 1.29 is 9.53 Å². The maximum atomic E-state index is 11.9. The molecule has 1 heterocycles. The summed E-state index contributed by atoms with van der Waals surface area (Å²) in [6.45, 7) is 9.96. The van der Waals surface area contributed by atoms with Crippen LogP contribution in [0.3, 0.4) is 0 Å². The van der Waals surface area contributed by atoms with Crippen LogP contribution in [0, 0.1) is 20.8 Å². The van der Waals surface area contributed by atoms with E-state index < -0.39 is 0 Å². The van der Waals surface area contributed by atoms with Crippen molar-refractivity contribution in [1.82, 2.24) is 4.98 Å². The number of rotatable bonds is 4. The molecule has 0 saturated carbocycles. The number of ether oxygens (including phenoxy) is 1. The Labute approximate surface area is 166 Å². The Morgan fingerprint density at radius 2 is 1.67 bits per heavy atom. The average molecular weight is 385 g/mol. The molecule has 1 aromatic heterocycles. The molecule has 1 N–H and O–H groups in total. The zero-order valence-electron chi connectivity index (χ0n) is 16.3. The predicted octanol–water partition coefficient (Wildman–Crippen LogP) is 5.89. The number of carbonyl (C=O) groups excluding carboxylic acids is 1. The van der Waals surface area contributed by atoms with Crippen LogP contribution in [0.15, 0.2) is 42.5 Å². The van der Waals surface area contributed by atoms with Gasteiger partial charge in [0.1, 0.15) is 5.82 Å². The van der Waals surface area contributed by atoms with Crippen molar-refractivity contribution in [2.75, 3.05) is 5.32 Å². The molecule has 0 unspecified atom stereocenters. The summed E-state index contributed by atoms with van der Waals surface area (Å²) in [5, 5.41) is 4.50. The fourth-order valence-electron chi connectivity index (χ4n) is 3.03. The molecule has 27 heavy (non-hydrogen) atoms. The Kier molecular flexibility index (Phi) is 6.45. The minimum absolute atomic E-state index is 0. The van der Waals surface area contributed by atoms with Crippen LogP contribution >= 0.6 is 12.4 Å². The van der Waals surface area contributed by atoms with Gasteiger partial charge in [0.05, 0.1) is 17.2 Å². The fourth-order valence-corrected chi connectivity index (χ4v) is 3.03. The molecule has 4 nitrogen and oxygen atoms in total. The molecule has 0 saturated heterocycles. The minimum atomic E-state index is -0.308. The average Bonchev–Trinajstić information content (AvgIpc) is 2.56. The normalized spacial score (nSPS) is 10.6. The van der Waals surface area contributed by atoms with Gasteiger partial charge in [-0.2, -0.15) is 0 Å². The van der Waals surface area contributed by atoms with Crippen LogP contribution < -0.4 is 5.32 Å². The highest BCUT2D eigenvalue weighted by Gasteiger charge is 2.10. The molecule has 0 bridgehead atoms. The van der Waals surface area contributed by atoms with Crippen molar-refractivity contribution >= 4 is 40.8 Å². The van der Waals surface area contributed by atoms with E-state index in [1.165, 1.54) is 22.1 Å². The first kappa shape index (κ1) is 20.7. The number of carbonyl (C=O) groups is 1. The van der Waals surface area contributed by atoms with Crippen LogP contribution in [0.5, 0.6) is 0 Å². The number of aromatic nitrogens is 1. The summed E-state index contributed by atoms with van der Waals surface area (Å²) >= 11 is 0. The molecular weight excluding hydrogens is 360 g/mol. The maximum Gasteiger partial charge on any atom is 0.338 e. The lowest BCUT2D eigenvalue weighted by molar-refractivity contribution is 0.0378. The first-order valence-corrected chi connectivity index (χ1v) is 8.80. The summed E-state index contributed by atoms with van der Waals surface area (Å²) in [6, 6.07) is 13.6. The summed E-state index contributed by atoms with van der Waals surface area (Å²) in [6.07, 6.45) is -0.128. The highest BCUT2D eigenvalue weighted by molar-refractivity contribution is 5.90. The van der Waals surface area contributed by atoms with Gasteiger partial charge in [0.15, 0.2) is 0 Å². The van der Waals surface area contributed by atoms with Crippen LogP contribution in [-0.2, 0) is 4.74 Å². The molecule has 142 valence electrons. The number of esters is 1. The third kappa shape index (κ3) is 4.77. The second-order valence-electron chi connectivity index (χ2n) is 6.96. The first-order chi connectivity index (χ1) is 12.3.